The van der Waals surface area contributed by atoms with Gasteiger partial charge in [0.25, 0.3) is 0 Å². The van der Waals surface area contributed by atoms with E-state index in [2.05, 4.69) is 35.9 Å². The van der Waals surface area contributed by atoms with E-state index in [-0.39, 0.29) is 0 Å². The molecule has 0 N–H and O–H groups in total. The highest BCUT2D eigenvalue weighted by atomic mass is 31.2. The molecule has 0 saturated heterocycles. The standard InChI is InChI=1S/C12H25O4P/c1-11(2)7-6-8-12(3)9-10-16-17(13,14-4)15-5/h7,12H,6,8-10H2,1-5H3. The van der Waals surface area contributed by atoms with Gasteiger partial charge in [0.2, 0.25) is 0 Å². The summed E-state index contributed by atoms with van der Waals surface area (Å²) in [5.74, 6) is 0.535. The highest BCUT2D eigenvalue weighted by Gasteiger charge is 2.22. The number of hydrogen-bond donors (Lipinski definition) is 0. The second kappa shape index (κ2) is 8.87. The number of hydrogen-bond acceptors (Lipinski definition) is 4. The molecule has 17 heavy (non-hydrogen) atoms. The smallest absolute Gasteiger partial charge is 0.290 e. The maximum Gasteiger partial charge on any atom is 0.474 e. The Labute approximate surface area is 105 Å². The summed E-state index contributed by atoms with van der Waals surface area (Å²) < 4.78 is 26.0. The molecule has 0 amide bonds. The number of allylic oxidation sites excluding steroid dienone is 2. The molecule has 0 aliphatic carbocycles. The maximum atomic E-state index is 11.6. The summed E-state index contributed by atoms with van der Waals surface area (Å²) in [7, 11) is -0.647. The molecule has 0 saturated carbocycles. The van der Waals surface area contributed by atoms with E-state index in [1.807, 2.05) is 0 Å². The molecule has 5 heteroatoms. The summed E-state index contributed by atoms with van der Waals surface area (Å²) in [6.07, 6.45) is 5.27. The number of phosphoric acid groups is 1. The molecule has 1 atom stereocenters. The molecular weight excluding hydrogens is 239 g/mol. The summed E-state index contributed by atoms with van der Waals surface area (Å²) in [5, 5.41) is 0. The van der Waals surface area contributed by atoms with E-state index >= 15 is 0 Å². The Kier molecular flexibility index (Phi) is 8.79. The monoisotopic (exact) mass is 264 g/mol. The van der Waals surface area contributed by atoms with Crippen LogP contribution in [0.2, 0.25) is 0 Å². The van der Waals surface area contributed by atoms with Crippen LogP contribution in [0.4, 0.5) is 0 Å². The van der Waals surface area contributed by atoms with Crippen LogP contribution in [-0.2, 0) is 18.1 Å². The summed E-state index contributed by atoms with van der Waals surface area (Å²) >= 11 is 0. The zero-order chi connectivity index (χ0) is 13.3. The van der Waals surface area contributed by atoms with E-state index < -0.39 is 7.82 Å². The molecule has 0 radical (unpaired) electrons. The van der Waals surface area contributed by atoms with Crippen LogP contribution in [0.5, 0.6) is 0 Å². The quantitative estimate of drug-likeness (QED) is 0.463. The fraction of sp³-hybridized carbons (Fsp3) is 0.833. The van der Waals surface area contributed by atoms with E-state index in [9.17, 15) is 4.57 Å². The van der Waals surface area contributed by atoms with Crippen molar-refractivity contribution in [2.75, 3.05) is 20.8 Å². The van der Waals surface area contributed by atoms with Crippen LogP contribution in [0.3, 0.4) is 0 Å². The third-order valence-corrected chi connectivity index (χ3v) is 3.91. The lowest BCUT2D eigenvalue weighted by molar-refractivity contribution is 0.145. The lowest BCUT2D eigenvalue weighted by Crippen LogP contribution is -2.02. The molecule has 0 bridgehead atoms. The highest BCUT2D eigenvalue weighted by Crippen LogP contribution is 2.47. The molecule has 0 rings (SSSR count). The van der Waals surface area contributed by atoms with Gasteiger partial charge >= 0.3 is 7.82 Å². The van der Waals surface area contributed by atoms with Gasteiger partial charge in [-0.2, -0.15) is 0 Å². The van der Waals surface area contributed by atoms with Crippen LogP contribution in [0.15, 0.2) is 11.6 Å². The van der Waals surface area contributed by atoms with Gasteiger partial charge < -0.3 is 0 Å². The van der Waals surface area contributed by atoms with Gasteiger partial charge in [0.1, 0.15) is 0 Å². The van der Waals surface area contributed by atoms with Gasteiger partial charge in [-0.25, -0.2) is 4.57 Å². The summed E-state index contributed by atoms with van der Waals surface area (Å²) in [6.45, 7) is 6.75. The Morgan fingerprint density at radius 2 is 1.82 bits per heavy atom. The van der Waals surface area contributed by atoms with E-state index in [0.717, 1.165) is 19.3 Å². The van der Waals surface area contributed by atoms with Crippen molar-refractivity contribution in [2.45, 2.75) is 40.0 Å². The van der Waals surface area contributed by atoms with Gasteiger partial charge in [-0.1, -0.05) is 18.6 Å². The largest absolute Gasteiger partial charge is 0.474 e. The van der Waals surface area contributed by atoms with Gasteiger partial charge in [-0.05, 0) is 39.0 Å². The SMILES string of the molecule is COP(=O)(OC)OCCC(C)CCC=C(C)C. The highest BCUT2D eigenvalue weighted by molar-refractivity contribution is 7.48. The number of phosphoric ester groups is 1. The van der Waals surface area contributed by atoms with Crippen LogP contribution in [0.25, 0.3) is 0 Å². The molecule has 0 aromatic heterocycles. The van der Waals surface area contributed by atoms with Crippen molar-refractivity contribution in [2.24, 2.45) is 5.92 Å². The minimum Gasteiger partial charge on any atom is -0.290 e. The van der Waals surface area contributed by atoms with Crippen LogP contribution < -0.4 is 0 Å². The zero-order valence-corrected chi connectivity index (χ0v) is 12.5. The van der Waals surface area contributed by atoms with Crippen LogP contribution in [-0.4, -0.2) is 20.8 Å². The third-order valence-electron chi connectivity index (χ3n) is 2.52. The molecular formula is C12H25O4P. The molecule has 0 heterocycles. The minimum absolute atomic E-state index is 0.398. The fourth-order valence-corrected chi connectivity index (χ4v) is 2.04. The molecule has 0 aromatic rings. The van der Waals surface area contributed by atoms with E-state index in [0.29, 0.717) is 12.5 Å². The van der Waals surface area contributed by atoms with Crippen molar-refractivity contribution in [3.8, 4) is 0 Å². The summed E-state index contributed by atoms with van der Waals surface area (Å²) in [4.78, 5) is 0. The molecule has 0 aliphatic heterocycles. The Morgan fingerprint density at radius 1 is 1.24 bits per heavy atom. The number of rotatable bonds is 9. The molecule has 0 aromatic carbocycles. The van der Waals surface area contributed by atoms with Crippen LogP contribution >= 0.6 is 7.82 Å². The second-order valence-corrected chi connectivity index (χ2v) is 6.28. The van der Waals surface area contributed by atoms with Gasteiger partial charge in [0.05, 0.1) is 6.61 Å². The molecule has 1 unspecified atom stereocenters. The third kappa shape index (κ3) is 8.56. The van der Waals surface area contributed by atoms with Gasteiger partial charge in [-0.15, -0.1) is 0 Å². The zero-order valence-electron chi connectivity index (χ0n) is 11.6. The summed E-state index contributed by atoms with van der Waals surface area (Å²) in [5.41, 5.74) is 1.34. The summed E-state index contributed by atoms with van der Waals surface area (Å²) in [6, 6.07) is 0. The normalized spacial score (nSPS) is 13.5. The Balaban J connectivity index is 3.74. The fourth-order valence-electron chi connectivity index (χ4n) is 1.35. The van der Waals surface area contributed by atoms with Crippen molar-refractivity contribution in [1.29, 1.82) is 0 Å². The van der Waals surface area contributed by atoms with Crippen molar-refractivity contribution in [3.63, 3.8) is 0 Å². The average molecular weight is 264 g/mol. The van der Waals surface area contributed by atoms with Crippen molar-refractivity contribution in [1.82, 2.24) is 0 Å². The Bertz CT molecular complexity index is 264. The molecule has 0 fully saturated rings. The van der Waals surface area contributed by atoms with E-state index in [1.165, 1.54) is 19.8 Å². The van der Waals surface area contributed by atoms with Gasteiger partial charge in [0.15, 0.2) is 0 Å². The Morgan fingerprint density at radius 3 is 2.29 bits per heavy atom. The topological polar surface area (TPSA) is 44.8 Å². The first-order valence-electron chi connectivity index (χ1n) is 5.93. The first-order valence-corrected chi connectivity index (χ1v) is 7.39. The predicted octanol–water partition coefficient (Wildman–Crippen LogP) is 4.18. The average Bonchev–Trinajstić information content (AvgIpc) is 2.28. The van der Waals surface area contributed by atoms with E-state index in [4.69, 9.17) is 4.52 Å². The lowest BCUT2D eigenvalue weighted by Gasteiger charge is -2.15. The van der Waals surface area contributed by atoms with Crippen molar-refractivity contribution >= 4 is 7.82 Å². The molecule has 4 nitrogen and oxygen atoms in total. The first-order chi connectivity index (χ1) is 7.93. The van der Waals surface area contributed by atoms with Gasteiger partial charge in [0, 0.05) is 14.2 Å². The molecule has 0 aliphatic rings. The van der Waals surface area contributed by atoms with E-state index in [1.54, 1.807) is 0 Å². The Hall–Kier alpha value is -0.150. The van der Waals surface area contributed by atoms with Crippen molar-refractivity contribution in [3.05, 3.63) is 11.6 Å². The molecule has 0 spiro atoms. The van der Waals surface area contributed by atoms with Crippen molar-refractivity contribution < 1.29 is 18.1 Å². The minimum atomic E-state index is -3.29. The van der Waals surface area contributed by atoms with Crippen LogP contribution in [0.1, 0.15) is 40.0 Å². The second-order valence-electron chi connectivity index (χ2n) is 4.40. The van der Waals surface area contributed by atoms with Gasteiger partial charge in [-0.3, -0.25) is 13.6 Å². The van der Waals surface area contributed by atoms with Crippen LogP contribution in [0, 0.1) is 5.92 Å². The maximum absolute atomic E-state index is 11.6. The predicted molar refractivity (Wildman–Crippen MR) is 70.0 cm³/mol. The molecule has 102 valence electrons. The lowest BCUT2D eigenvalue weighted by atomic mass is 10.0. The first kappa shape index (κ1) is 16.9.